The molecule has 0 saturated carbocycles. The molecule has 0 unspecified atom stereocenters. The number of benzene rings is 1. The van der Waals surface area contributed by atoms with Gasteiger partial charge in [0.05, 0.1) is 5.69 Å². The highest BCUT2D eigenvalue weighted by Crippen LogP contribution is 2.12. The van der Waals surface area contributed by atoms with Crippen LogP contribution in [0.1, 0.15) is 24.2 Å². The third kappa shape index (κ3) is 2.66. The standard InChI is InChI=1S/C16H17N3/c1-13(14-7-3-2-4-8-14)17-11-15-12-19-10-6-5-9-16(19)18-15/h2-10,12-13,17H,11H2,1H3/t13-/m1/s1. The van der Waals surface area contributed by atoms with E-state index in [1.54, 1.807) is 0 Å². The molecular weight excluding hydrogens is 234 g/mol. The van der Waals surface area contributed by atoms with E-state index in [4.69, 9.17) is 0 Å². The molecule has 3 aromatic rings. The van der Waals surface area contributed by atoms with Crippen molar-refractivity contribution in [3.05, 3.63) is 72.2 Å². The lowest BCUT2D eigenvalue weighted by Gasteiger charge is -2.12. The van der Waals surface area contributed by atoms with Gasteiger partial charge in [0, 0.05) is 25.0 Å². The topological polar surface area (TPSA) is 29.3 Å². The number of nitrogens with one attached hydrogen (secondary N) is 1. The first-order valence-corrected chi connectivity index (χ1v) is 6.54. The Labute approximate surface area is 112 Å². The Bertz CT molecular complexity index is 625. The molecule has 2 aromatic heterocycles. The lowest BCUT2D eigenvalue weighted by atomic mass is 10.1. The Kier molecular flexibility index (Phi) is 3.29. The van der Waals surface area contributed by atoms with Crippen LogP contribution in [0.3, 0.4) is 0 Å². The minimum atomic E-state index is 0.325. The number of fused-ring (bicyclic) bond motifs is 1. The second kappa shape index (κ2) is 5.24. The molecule has 3 heteroatoms. The minimum absolute atomic E-state index is 0.325. The molecule has 0 fully saturated rings. The fraction of sp³-hybridized carbons (Fsp3) is 0.188. The first-order valence-electron chi connectivity index (χ1n) is 6.54. The van der Waals surface area contributed by atoms with Crippen LogP contribution in [0.2, 0.25) is 0 Å². The summed E-state index contributed by atoms with van der Waals surface area (Å²) in [4.78, 5) is 4.58. The molecule has 0 amide bonds. The van der Waals surface area contributed by atoms with E-state index in [1.165, 1.54) is 5.56 Å². The van der Waals surface area contributed by atoms with Gasteiger partial charge < -0.3 is 9.72 Å². The van der Waals surface area contributed by atoms with Gasteiger partial charge in [0.2, 0.25) is 0 Å². The van der Waals surface area contributed by atoms with Crippen LogP contribution in [0.5, 0.6) is 0 Å². The van der Waals surface area contributed by atoms with Crippen LogP contribution in [0, 0.1) is 0 Å². The van der Waals surface area contributed by atoms with E-state index in [1.807, 2.05) is 34.9 Å². The summed E-state index contributed by atoms with van der Waals surface area (Å²) in [5, 5.41) is 3.50. The molecule has 3 rings (SSSR count). The first kappa shape index (κ1) is 11.9. The quantitative estimate of drug-likeness (QED) is 0.771. The number of pyridine rings is 1. The van der Waals surface area contributed by atoms with Gasteiger partial charge in [-0.1, -0.05) is 36.4 Å². The van der Waals surface area contributed by atoms with Crippen molar-refractivity contribution in [3.8, 4) is 0 Å². The van der Waals surface area contributed by atoms with Gasteiger partial charge >= 0.3 is 0 Å². The Morgan fingerprint density at radius 1 is 1.11 bits per heavy atom. The van der Waals surface area contributed by atoms with Crippen molar-refractivity contribution in [3.63, 3.8) is 0 Å². The molecule has 19 heavy (non-hydrogen) atoms. The molecule has 0 aliphatic carbocycles. The molecule has 1 N–H and O–H groups in total. The molecule has 2 heterocycles. The molecule has 0 saturated heterocycles. The van der Waals surface area contributed by atoms with E-state index in [0.717, 1.165) is 17.9 Å². The van der Waals surface area contributed by atoms with Crippen LogP contribution >= 0.6 is 0 Å². The van der Waals surface area contributed by atoms with E-state index in [9.17, 15) is 0 Å². The Balaban J connectivity index is 1.69. The summed E-state index contributed by atoms with van der Waals surface area (Å²) in [6, 6.07) is 16.8. The van der Waals surface area contributed by atoms with Gasteiger partial charge in [-0.3, -0.25) is 0 Å². The Morgan fingerprint density at radius 3 is 2.68 bits per heavy atom. The van der Waals surface area contributed by atoms with E-state index in [-0.39, 0.29) is 0 Å². The molecule has 3 nitrogen and oxygen atoms in total. The first-order chi connectivity index (χ1) is 9.33. The van der Waals surface area contributed by atoms with Crippen molar-refractivity contribution in [1.82, 2.24) is 14.7 Å². The number of nitrogens with zero attached hydrogens (tertiary/aromatic N) is 2. The lowest BCUT2D eigenvalue weighted by Crippen LogP contribution is -2.18. The van der Waals surface area contributed by atoms with Crippen LogP contribution in [-0.4, -0.2) is 9.38 Å². The fourth-order valence-corrected chi connectivity index (χ4v) is 2.19. The van der Waals surface area contributed by atoms with Gasteiger partial charge in [-0.15, -0.1) is 0 Å². The zero-order valence-corrected chi connectivity index (χ0v) is 11.0. The molecule has 0 radical (unpaired) electrons. The van der Waals surface area contributed by atoms with Crippen LogP contribution < -0.4 is 5.32 Å². The molecule has 0 spiro atoms. The largest absolute Gasteiger partial charge is 0.307 e. The highest BCUT2D eigenvalue weighted by Gasteiger charge is 2.05. The Hall–Kier alpha value is -2.13. The van der Waals surface area contributed by atoms with Crippen LogP contribution in [0.25, 0.3) is 5.65 Å². The third-order valence-corrected chi connectivity index (χ3v) is 3.30. The highest BCUT2D eigenvalue weighted by atomic mass is 15.0. The summed E-state index contributed by atoms with van der Waals surface area (Å²) < 4.78 is 2.05. The van der Waals surface area contributed by atoms with Crippen molar-refractivity contribution in [2.75, 3.05) is 0 Å². The van der Waals surface area contributed by atoms with Crippen LogP contribution in [-0.2, 0) is 6.54 Å². The lowest BCUT2D eigenvalue weighted by molar-refractivity contribution is 0.569. The van der Waals surface area contributed by atoms with E-state index < -0.39 is 0 Å². The average Bonchev–Trinajstić information content (AvgIpc) is 2.88. The zero-order valence-electron chi connectivity index (χ0n) is 11.0. The minimum Gasteiger partial charge on any atom is -0.307 e. The van der Waals surface area contributed by atoms with E-state index in [0.29, 0.717) is 6.04 Å². The van der Waals surface area contributed by atoms with Gasteiger partial charge in [0.1, 0.15) is 5.65 Å². The van der Waals surface area contributed by atoms with Gasteiger partial charge in [0.15, 0.2) is 0 Å². The van der Waals surface area contributed by atoms with Crippen molar-refractivity contribution in [1.29, 1.82) is 0 Å². The predicted molar refractivity (Wildman–Crippen MR) is 76.9 cm³/mol. The predicted octanol–water partition coefficient (Wildman–Crippen LogP) is 3.19. The van der Waals surface area contributed by atoms with Gasteiger partial charge in [-0.25, -0.2) is 4.98 Å². The van der Waals surface area contributed by atoms with Crippen LogP contribution in [0.4, 0.5) is 0 Å². The number of imidazole rings is 1. The molecule has 0 bridgehead atoms. The van der Waals surface area contributed by atoms with Crippen molar-refractivity contribution < 1.29 is 0 Å². The Morgan fingerprint density at radius 2 is 1.89 bits per heavy atom. The summed E-state index contributed by atoms with van der Waals surface area (Å²) >= 11 is 0. The number of aromatic nitrogens is 2. The second-order valence-electron chi connectivity index (χ2n) is 4.71. The average molecular weight is 251 g/mol. The van der Waals surface area contributed by atoms with Gasteiger partial charge in [-0.05, 0) is 24.6 Å². The smallest absolute Gasteiger partial charge is 0.137 e. The molecule has 96 valence electrons. The zero-order chi connectivity index (χ0) is 13.1. The molecule has 0 aliphatic rings. The number of hydrogen-bond donors (Lipinski definition) is 1. The fourth-order valence-electron chi connectivity index (χ4n) is 2.19. The van der Waals surface area contributed by atoms with Crippen molar-refractivity contribution >= 4 is 5.65 Å². The maximum atomic E-state index is 4.58. The summed E-state index contributed by atoms with van der Waals surface area (Å²) in [7, 11) is 0. The normalized spacial score (nSPS) is 12.7. The molecule has 1 atom stereocenters. The third-order valence-electron chi connectivity index (χ3n) is 3.30. The number of rotatable bonds is 4. The summed E-state index contributed by atoms with van der Waals surface area (Å²) in [5.41, 5.74) is 3.35. The highest BCUT2D eigenvalue weighted by molar-refractivity contribution is 5.39. The van der Waals surface area contributed by atoms with E-state index >= 15 is 0 Å². The molecule has 1 aromatic carbocycles. The summed E-state index contributed by atoms with van der Waals surface area (Å²) in [6.45, 7) is 2.95. The second-order valence-corrected chi connectivity index (χ2v) is 4.71. The summed E-state index contributed by atoms with van der Waals surface area (Å²) in [5.74, 6) is 0. The van der Waals surface area contributed by atoms with Gasteiger partial charge in [-0.2, -0.15) is 0 Å². The van der Waals surface area contributed by atoms with Crippen molar-refractivity contribution in [2.24, 2.45) is 0 Å². The van der Waals surface area contributed by atoms with Crippen LogP contribution in [0.15, 0.2) is 60.9 Å². The number of hydrogen-bond acceptors (Lipinski definition) is 2. The summed E-state index contributed by atoms with van der Waals surface area (Å²) in [6.07, 6.45) is 4.09. The molecular formula is C16H17N3. The molecule has 0 aliphatic heterocycles. The maximum absolute atomic E-state index is 4.58. The monoisotopic (exact) mass is 251 g/mol. The maximum Gasteiger partial charge on any atom is 0.137 e. The SMILES string of the molecule is C[C@@H](NCc1cn2ccccc2n1)c1ccccc1. The van der Waals surface area contributed by atoms with E-state index in [2.05, 4.69) is 47.7 Å². The van der Waals surface area contributed by atoms with Gasteiger partial charge in [0.25, 0.3) is 0 Å². The van der Waals surface area contributed by atoms with Crippen molar-refractivity contribution in [2.45, 2.75) is 19.5 Å².